The van der Waals surface area contributed by atoms with Gasteiger partial charge in [0.15, 0.2) is 6.10 Å². The first-order valence-corrected chi connectivity index (χ1v) is 10.3. The number of rotatable bonds is 8. The van der Waals surface area contributed by atoms with E-state index < -0.39 is 40.5 Å². The average molecular weight is 458 g/mol. The van der Waals surface area contributed by atoms with Crippen molar-refractivity contribution in [3.63, 3.8) is 0 Å². The number of benzene rings is 1. The largest absolute Gasteiger partial charge is 0.462 e. The van der Waals surface area contributed by atoms with Crippen LogP contribution in [0, 0.1) is 10.1 Å². The second-order valence-electron chi connectivity index (χ2n) is 6.37. The van der Waals surface area contributed by atoms with Gasteiger partial charge in [-0.15, -0.1) is 11.3 Å². The summed E-state index contributed by atoms with van der Waals surface area (Å²) >= 11 is 1.13. The van der Waals surface area contributed by atoms with Crippen molar-refractivity contribution in [1.29, 1.82) is 0 Å². The number of amides is 1. The fourth-order valence-electron chi connectivity index (χ4n) is 2.71. The van der Waals surface area contributed by atoms with Crippen molar-refractivity contribution in [3.8, 4) is 11.1 Å². The number of furan rings is 1. The summed E-state index contributed by atoms with van der Waals surface area (Å²) in [6.45, 7) is 3.14. The molecule has 0 spiro atoms. The van der Waals surface area contributed by atoms with Gasteiger partial charge in [-0.1, -0.05) is 30.3 Å². The van der Waals surface area contributed by atoms with Gasteiger partial charge in [-0.3, -0.25) is 14.9 Å². The van der Waals surface area contributed by atoms with E-state index in [2.05, 4.69) is 5.32 Å². The lowest BCUT2D eigenvalue weighted by Crippen LogP contribution is -2.30. The van der Waals surface area contributed by atoms with E-state index in [1.807, 2.05) is 30.3 Å². The summed E-state index contributed by atoms with van der Waals surface area (Å²) in [4.78, 5) is 47.1. The Balaban J connectivity index is 1.77. The van der Waals surface area contributed by atoms with Crippen LogP contribution in [0.2, 0.25) is 0 Å². The standard InChI is InChI=1S/C21H18N2O8S/c1-3-29-21(26)17-14(13-7-5-4-6-8-13)11-32-19(17)22-18(24)12(2)30-20(25)15-9-10-16(31-15)23(27)28/h4-12H,3H2,1-2H3,(H,22,24). The van der Waals surface area contributed by atoms with E-state index in [-0.39, 0.29) is 17.2 Å². The summed E-state index contributed by atoms with van der Waals surface area (Å²) in [6.07, 6.45) is -1.27. The number of nitrogens with one attached hydrogen (secondary N) is 1. The maximum atomic E-state index is 12.6. The molecule has 0 aliphatic rings. The molecule has 1 atom stereocenters. The zero-order valence-electron chi connectivity index (χ0n) is 17.0. The van der Waals surface area contributed by atoms with E-state index in [0.29, 0.717) is 5.56 Å². The smallest absolute Gasteiger partial charge is 0.433 e. The first-order chi connectivity index (χ1) is 15.3. The fourth-order valence-corrected chi connectivity index (χ4v) is 3.67. The van der Waals surface area contributed by atoms with Crippen LogP contribution in [0.5, 0.6) is 0 Å². The Morgan fingerprint density at radius 1 is 1.16 bits per heavy atom. The Morgan fingerprint density at radius 3 is 2.50 bits per heavy atom. The summed E-state index contributed by atoms with van der Waals surface area (Å²) in [7, 11) is 0. The molecule has 3 aromatic rings. The minimum atomic E-state index is -1.27. The van der Waals surface area contributed by atoms with Gasteiger partial charge in [0.25, 0.3) is 5.91 Å². The van der Waals surface area contributed by atoms with Crippen LogP contribution < -0.4 is 5.32 Å². The molecule has 0 bridgehead atoms. The molecule has 1 N–H and O–H groups in total. The van der Waals surface area contributed by atoms with Crippen LogP contribution in [0.1, 0.15) is 34.8 Å². The van der Waals surface area contributed by atoms with Crippen molar-refractivity contribution in [2.75, 3.05) is 11.9 Å². The second-order valence-corrected chi connectivity index (χ2v) is 7.25. The van der Waals surface area contributed by atoms with Crippen LogP contribution >= 0.6 is 11.3 Å². The molecule has 10 nitrogen and oxygen atoms in total. The molecular formula is C21H18N2O8S. The Labute approximate surface area is 185 Å². The molecule has 0 fully saturated rings. The van der Waals surface area contributed by atoms with Gasteiger partial charge in [0, 0.05) is 10.9 Å². The number of anilines is 1. The molecule has 1 unspecified atom stereocenters. The fraction of sp³-hybridized carbons (Fsp3) is 0.190. The molecule has 166 valence electrons. The van der Waals surface area contributed by atoms with Crippen molar-refractivity contribution < 1.29 is 33.2 Å². The SMILES string of the molecule is CCOC(=O)c1c(-c2ccccc2)csc1NC(=O)C(C)OC(=O)c1ccc([N+](=O)[O-])o1. The number of carbonyl (C=O) groups excluding carboxylic acids is 3. The van der Waals surface area contributed by atoms with Crippen LogP contribution in [0.3, 0.4) is 0 Å². The summed E-state index contributed by atoms with van der Waals surface area (Å²) in [5.74, 6) is -3.38. The number of nitrogens with zero attached hydrogens (tertiary/aromatic N) is 1. The second kappa shape index (κ2) is 9.88. The Morgan fingerprint density at radius 2 is 1.88 bits per heavy atom. The van der Waals surface area contributed by atoms with Crippen LogP contribution in [0.4, 0.5) is 10.9 Å². The molecule has 0 saturated carbocycles. The highest BCUT2D eigenvalue weighted by Crippen LogP contribution is 2.36. The Kier molecular flexibility index (Phi) is 7.00. The summed E-state index contributed by atoms with van der Waals surface area (Å²) < 4.78 is 14.9. The van der Waals surface area contributed by atoms with E-state index in [1.54, 1.807) is 12.3 Å². The average Bonchev–Trinajstić information content (AvgIpc) is 3.42. The number of esters is 2. The lowest BCUT2D eigenvalue weighted by Gasteiger charge is -2.13. The number of nitro groups is 1. The molecular weight excluding hydrogens is 440 g/mol. The van der Waals surface area contributed by atoms with Crippen molar-refractivity contribution in [2.45, 2.75) is 20.0 Å². The third-order valence-corrected chi connectivity index (χ3v) is 5.11. The van der Waals surface area contributed by atoms with E-state index in [9.17, 15) is 24.5 Å². The van der Waals surface area contributed by atoms with E-state index in [0.717, 1.165) is 29.0 Å². The van der Waals surface area contributed by atoms with Crippen LogP contribution in [0.15, 0.2) is 52.3 Å². The lowest BCUT2D eigenvalue weighted by molar-refractivity contribution is -0.402. The Hall–Kier alpha value is -3.99. The number of hydrogen-bond donors (Lipinski definition) is 1. The molecule has 32 heavy (non-hydrogen) atoms. The highest BCUT2D eigenvalue weighted by atomic mass is 32.1. The van der Waals surface area contributed by atoms with Crippen LogP contribution in [-0.2, 0) is 14.3 Å². The van der Waals surface area contributed by atoms with Gasteiger partial charge in [0.05, 0.1) is 12.7 Å². The van der Waals surface area contributed by atoms with Crippen LogP contribution in [-0.4, -0.2) is 35.5 Å². The molecule has 2 aromatic heterocycles. The van der Waals surface area contributed by atoms with Gasteiger partial charge >= 0.3 is 17.8 Å². The zero-order valence-corrected chi connectivity index (χ0v) is 17.8. The van der Waals surface area contributed by atoms with E-state index in [4.69, 9.17) is 13.9 Å². The molecule has 1 amide bonds. The first-order valence-electron chi connectivity index (χ1n) is 9.42. The number of carbonyl (C=O) groups is 3. The molecule has 0 radical (unpaired) electrons. The highest BCUT2D eigenvalue weighted by Gasteiger charge is 2.27. The van der Waals surface area contributed by atoms with Gasteiger partial charge < -0.3 is 19.2 Å². The number of ether oxygens (including phenoxy) is 2. The summed E-state index contributed by atoms with van der Waals surface area (Å²) in [5.41, 5.74) is 1.56. The number of thiophene rings is 1. The van der Waals surface area contributed by atoms with Crippen molar-refractivity contribution >= 4 is 40.1 Å². The summed E-state index contributed by atoms with van der Waals surface area (Å²) in [6, 6.07) is 11.2. The summed E-state index contributed by atoms with van der Waals surface area (Å²) in [5, 5.41) is 15.2. The quantitative estimate of drug-likeness (QED) is 0.300. The zero-order chi connectivity index (χ0) is 23.3. The van der Waals surface area contributed by atoms with Crippen LogP contribution in [0.25, 0.3) is 11.1 Å². The number of hydrogen-bond acceptors (Lipinski definition) is 9. The van der Waals surface area contributed by atoms with Crippen molar-refractivity contribution in [2.24, 2.45) is 0 Å². The molecule has 3 rings (SSSR count). The minimum Gasteiger partial charge on any atom is -0.462 e. The molecule has 11 heteroatoms. The predicted octanol–water partition coefficient (Wildman–Crippen LogP) is 4.28. The molecule has 0 aliphatic carbocycles. The van der Waals surface area contributed by atoms with Gasteiger partial charge in [-0.05, 0) is 25.5 Å². The predicted molar refractivity (Wildman–Crippen MR) is 115 cm³/mol. The highest BCUT2D eigenvalue weighted by molar-refractivity contribution is 7.15. The van der Waals surface area contributed by atoms with Gasteiger partial charge in [0.2, 0.25) is 5.76 Å². The van der Waals surface area contributed by atoms with Gasteiger partial charge in [-0.2, -0.15) is 0 Å². The first kappa shape index (κ1) is 22.7. The third-order valence-electron chi connectivity index (χ3n) is 4.22. The minimum absolute atomic E-state index is 0.152. The van der Waals surface area contributed by atoms with Gasteiger partial charge in [-0.25, -0.2) is 9.59 Å². The van der Waals surface area contributed by atoms with Crippen molar-refractivity contribution in [1.82, 2.24) is 0 Å². The van der Waals surface area contributed by atoms with E-state index in [1.165, 1.54) is 6.92 Å². The van der Waals surface area contributed by atoms with E-state index >= 15 is 0 Å². The molecule has 0 saturated heterocycles. The Bertz CT molecular complexity index is 1150. The maximum Gasteiger partial charge on any atom is 0.433 e. The molecule has 2 heterocycles. The monoisotopic (exact) mass is 458 g/mol. The molecule has 1 aromatic carbocycles. The third kappa shape index (κ3) is 5.01. The molecule has 0 aliphatic heterocycles. The van der Waals surface area contributed by atoms with Gasteiger partial charge in [0.1, 0.15) is 15.5 Å². The lowest BCUT2D eigenvalue weighted by atomic mass is 10.0. The maximum absolute atomic E-state index is 12.6. The topological polar surface area (TPSA) is 138 Å². The normalized spacial score (nSPS) is 11.4. The van der Waals surface area contributed by atoms with Crippen molar-refractivity contribution in [3.05, 3.63) is 69.3 Å².